The average molecular weight is 307 g/mol. The molecule has 1 amide bonds. The van der Waals surface area contributed by atoms with Crippen LogP contribution in [0.2, 0.25) is 5.02 Å². The van der Waals surface area contributed by atoms with E-state index in [9.17, 15) is 4.79 Å². The zero-order chi connectivity index (χ0) is 12.0. The molecule has 0 fully saturated rings. The fourth-order valence-corrected chi connectivity index (χ4v) is 1.87. The van der Waals surface area contributed by atoms with Crippen LogP contribution in [0, 0.1) is 0 Å². The van der Waals surface area contributed by atoms with Crippen LogP contribution >= 0.6 is 27.5 Å². The summed E-state index contributed by atoms with van der Waals surface area (Å²) in [6.45, 7) is 2.66. The molecule has 0 aliphatic heterocycles. The molecule has 1 N–H and O–H groups in total. The number of rotatable bonds is 5. The van der Waals surface area contributed by atoms with Gasteiger partial charge in [-0.1, -0.05) is 18.5 Å². The summed E-state index contributed by atoms with van der Waals surface area (Å²) in [5, 5.41) is 3.34. The topological polar surface area (TPSA) is 38.3 Å². The first-order valence-corrected chi connectivity index (χ1v) is 6.13. The highest BCUT2D eigenvalue weighted by Gasteiger charge is 2.05. The van der Waals surface area contributed by atoms with Crippen molar-refractivity contribution in [2.75, 3.05) is 18.5 Å². The highest BCUT2D eigenvalue weighted by atomic mass is 79.9. The maximum atomic E-state index is 11.4. The zero-order valence-corrected chi connectivity index (χ0v) is 11.3. The minimum Gasteiger partial charge on any atom is -0.372 e. The number of benzene rings is 1. The van der Waals surface area contributed by atoms with Gasteiger partial charge in [-0.2, -0.15) is 0 Å². The molecule has 3 nitrogen and oxygen atoms in total. The summed E-state index contributed by atoms with van der Waals surface area (Å²) in [5.74, 6) is -0.170. The first-order valence-electron chi connectivity index (χ1n) is 4.96. The molecular formula is C11H13BrClNO2. The molecule has 0 aromatic heterocycles. The second-order valence-corrected chi connectivity index (χ2v) is 4.52. The molecule has 0 heterocycles. The number of ether oxygens (including phenoxy) is 1. The first-order chi connectivity index (χ1) is 7.63. The second-order valence-electron chi connectivity index (χ2n) is 3.22. The Hall–Kier alpha value is -0.580. The Labute approximate surface area is 108 Å². The SMILES string of the molecule is CCCOCC(=O)Nc1ccc(Cl)cc1Br. The molecule has 0 unspecified atom stereocenters. The highest BCUT2D eigenvalue weighted by Crippen LogP contribution is 2.25. The summed E-state index contributed by atoms with van der Waals surface area (Å²) in [5.41, 5.74) is 0.689. The number of halogens is 2. The Morgan fingerprint density at radius 2 is 2.31 bits per heavy atom. The van der Waals surface area contributed by atoms with Gasteiger partial charge in [0.2, 0.25) is 5.91 Å². The molecule has 0 bridgehead atoms. The van der Waals surface area contributed by atoms with Gasteiger partial charge in [0.1, 0.15) is 6.61 Å². The van der Waals surface area contributed by atoms with Crippen LogP contribution in [-0.2, 0) is 9.53 Å². The summed E-state index contributed by atoms with van der Waals surface area (Å²) in [6.07, 6.45) is 0.901. The Balaban J connectivity index is 2.49. The van der Waals surface area contributed by atoms with Gasteiger partial charge in [-0.3, -0.25) is 4.79 Å². The predicted octanol–water partition coefficient (Wildman–Crippen LogP) is 3.47. The van der Waals surface area contributed by atoms with Crippen molar-refractivity contribution in [3.05, 3.63) is 27.7 Å². The van der Waals surface area contributed by atoms with Crippen molar-refractivity contribution in [2.45, 2.75) is 13.3 Å². The maximum absolute atomic E-state index is 11.4. The fraction of sp³-hybridized carbons (Fsp3) is 0.364. The lowest BCUT2D eigenvalue weighted by Gasteiger charge is -2.07. The monoisotopic (exact) mass is 305 g/mol. The lowest BCUT2D eigenvalue weighted by atomic mass is 10.3. The van der Waals surface area contributed by atoms with E-state index in [1.54, 1.807) is 18.2 Å². The van der Waals surface area contributed by atoms with Crippen LogP contribution in [0.25, 0.3) is 0 Å². The van der Waals surface area contributed by atoms with E-state index in [1.165, 1.54) is 0 Å². The smallest absolute Gasteiger partial charge is 0.250 e. The Kier molecular flexibility index (Phi) is 5.80. The molecule has 1 aromatic rings. The van der Waals surface area contributed by atoms with E-state index in [4.69, 9.17) is 16.3 Å². The van der Waals surface area contributed by atoms with Crippen LogP contribution in [0.1, 0.15) is 13.3 Å². The standard InChI is InChI=1S/C11H13BrClNO2/c1-2-5-16-7-11(15)14-10-4-3-8(13)6-9(10)12/h3-4,6H,2,5,7H2,1H3,(H,14,15). The van der Waals surface area contributed by atoms with E-state index in [-0.39, 0.29) is 12.5 Å². The van der Waals surface area contributed by atoms with E-state index >= 15 is 0 Å². The number of hydrogen-bond donors (Lipinski definition) is 1. The first kappa shape index (κ1) is 13.5. The molecule has 0 atom stereocenters. The summed E-state index contributed by atoms with van der Waals surface area (Å²) >= 11 is 9.11. The van der Waals surface area contributed by atoms with Crippen LogP contribution in [0.5, 0.6) is 0 Å². The third-order valence-electron chi connectivity index (χ3n) is 1.79. The molecule has 88 valence electrons. The summed E-state index contributed by atoms with van der Waals surface area (Å²) in [4.78, 5) is 11.4. The van der Waals surface area contributed by atoms with Crippen molar-refractivity contribution in [3.8, 4) is 0 Å². The van der Waals surface area contributed by atoms with Crippen LogP contribution in [0.4, 0.5) is 5.69 Å². The molecule has 0 saturated heterocycles. The fourth-order valence-electron chi connectivity index (χ4n) is 1.09. The van der Waals surface area contributed by atoms with Crippen molar-refractivity contribution < 1.29 is 9.53 Å². The van der Waals surface area contributed by atoms with Gasteiger partial charge in [-0.05, 0) is 40.5 Å². The number of carbonyl (C=O) groups is 1. The number of hydrogen-bond acceptors (Lipinski definition) is 2. The summed E-state index contributed by atoms with van der Waals surface area (Å²) < 4.78 is 5.88. The molecular weight excluding hydrogens is 293 g/mol. The van der Waals surface area contributed by atoms with Gasteiger partial charge in [-0.25, -0.2) is 0 Å². The van der Waals surface area contributed by atoms with E-state index in [0.29, 0.717) is 17.3 Å². The van der Waals surface area contributed by atoms with Gasteiger partial charge in [0.15, 0.2) is 0 Å². The molecule has 0 aliphatic rings. The molecule has 5 heteroatoms. The van der Waals surface area contributed by atoms with Crippen molar-refractivity contribution >= 4 is 39.1 Å². The Morgan fingerprint density at radius 3 is 2.94 bits per heavy atom. The van der Waals surface area contributed by atoms with Crippen molar-refractivity contribution in [3.63, 3.8) is 0 Å². The minimum atomic E-state index is -0.170. The van der Waals surface area contributed by atoms with E-state index < -0.39 is 0 Å². The number of carbonyl (C=O) groups excluding carboxylic acids is 1. The molecule has 0 aliphatic carbocycles. The van der Waals surface area contributed by atoms with Gasteiger partial charge in [0.25, 0.3) is 0 Å². The molecule has 16 heavy (non-hydrogen) atoms. The highest BCUT2D eigenvalue weighted by molar-refractivity contribution is 9.10. The Bertz CT molecular complexity index is 371. The quantitative estimate of drug-likeness (QED) is 0.846. The Morgan fingerprint density at radius 1 is 1.56 bits per heavy atom. The van der Waals surface area contributed by atoms with Gasteiger partial charge < -0.3 is 10.1 Å². The third-order valence-corrected chi connectivity index (χ3v) is 2.68. The maximum Gasteiger partial charge on any atom is 0.250 e. The second kappa shape index (κ2) is 6.89. The molecule has 0 saturated carbocycles. The summed E-state index contributed by atoms with van der Waals surface area (Å²) in [7, 11) is 0. The largest absolute Gasteiger partial charge is 0.372 e. The molecule has 0 spiro atoms. The van der Waals surface area contributed by atoms with Gasteiger partial charge in [-0.15, -0.1) is 0 Å². The van der Waals surface area contributed by atoms with Crippen molar-refractivity contribution in [2.24, 2.45) is 0 Å². The molecule has 0 radical (unpaired) electrons. The number of nitrogens with one attached hydrogen (secondary N) is 1. The van der Waals surface area contributed by atoms with Crippen LogP contribution in [-0.4, -0.2) is 19.1 Å². The lowest BCUT2D eigenvalue weighted by molar-refractivity contribution is -0.120. The van der Waals surface area contributed by atoms with Crippen LogP contribution in [0.3, 0.4) is 0 Å². The zero-order valence-electron chi connectivity index (χ0n) is 8.93. The van der Waals surface area contributed by atoms with Gasteiger partial charge in [0, 0.05) is 16.1 Å². The van der Waals surface area contributed by atoms with Gasteiger partial charge in [0.05, 0.1) is 5.69 Å². The van der Waals surface area contributed by atoms with Crippen LogP contribution < -0.4 is 5.32 Å². The van der Waals surface area contributed by atoms with E-state index in [1.807, 2.05) is 6.92 Å². The third kappa shape index (κ3) is 4.51. The van der Waals surface area contributed by atoms with Gasteiger partial charge >= 0.3 is 0 Å². The van der Waals surface area contributed by atoms with E-state index in [2.05, 4.69) is 21.2 Å². The average Bonchev–Trinajstić information content (AvgIpc) is 2.23. The molecule has 1 rings (SSSR count). The number of amides is 1. The number of anilines is 1. The van der Waals surface area contributed by atoms with Crippen LogP contribution in [0.15, 0.2) is 22.7 Å². The van der Waals surface area contributed by atoms with Crippen molar-refractivity contribution in [1.29, 1.82) is 0 Å². The van der Waals surface area contributed by atoms with Crippen molar-refractivity contribution in [1.82, 2.24) is 0 Å². The minimum absolute atomic E-state index is 0.0723. The predicted molar refractivity (Wildman–Crippen MR) is 68.9 cm³/mol. The van der Waals surface area contributed by atoms with E-state index in [0.717, 1.165) is 10.9 Å². The normalized spacial score (nSPS) is 10.2. The molecule has 1 aromatic carbocycles. The summed E-state index contributed by atoms with van der Waals surface area (Å²) in [6, 6.07) is 5.18. The lowest BCUT2D eigenvalue weighted by Crippen LogP contribution is -2.18.